The minimum atomic E-state index is 0.145. The highest BCUT2D eigenvalue weighted by Gasteiger charge is 2.25. The lowest BCUT2D eigenvalue weighted by molar-refractivity contribution is 0.295. The van der Waals surface area contributed by atoms with Gasteiger partial charge in [0.15, 0.2) is 0 Å². The number of rotatable bonds is 3. The first-order valence-corrected chi connectivity index (χ1v) is 5.01. The molecule has 0 amide bonds. The van der Waals surface area contributed by atoms with Crippen LogP contribution < -0.4 is 5.73 Å². The highest BCUT2D eigenvalue weighted by atomic mass is 15.1. The molecule has 0 radical (unpaired) electrons. The third-order valence-electron chi connectivity index (χ3n) is 2.80. The van der Waals surface area contributed by atoms with E-state index in [1.165, 1.54) is 6.42 Å². The molecule has 3 unspecified atom stereocenters. The van der Waals surface area contributed by atoms with Crippen LogP contribution in [0, 0.1) is 23.2 Å². The zero-order valence-electron chi connectivity index (χ0n) is 8.53. The van der Waals surface area contributed by atoms with Gasteiger partial charge in [0, 0.05) is 19.1 Å². The van der Waals surface area contributed by atoms with Gasteiger partial charge in [0.05, 0.1) is 12.0 Å². The molecule has 3 nitrogen and oxygen atoms in total. The van der Waals surface area contributed by atoms with Crippen molar-refractivity contribution in [1.29, 1.82) is 5.26 Å². The molecule has 0 saturated carbocycles. The zero-order valence-corrected chi connectivity index (χ0v) is 8.53. The largest absolute Gasteiger partial charge is 0.328 e. The van der Waals surface area contributed by atoms with Crippen molar-refractivity contribution >= 4 is 0 Å². The Morgan fingerprint density at radius 2 is 2.31 bits per heavy atom. The first-order valence-electron chi connectivity index (χ1n) is 5.01. The van der Waals surface area contributed by atoms with Crippen LogP contribution in [0.15, 0.2) is 0 Å². The molecule has 1 aliphatic rings. The van der Waals surface area contributed by atoms with Crippen molar-refractivity contribution in [2.75, 3.05) is 19.6 Å². The highest BCUT2D eigenvalue weighted by Crippen LogP contribution is 2.19. The van der Waals surface area contributed by atoms with Gasteiger partial charge in [0.2, 0.25) is 0 Å². The van der Waals surface area contributed by atoms with Crippen molar-refractivity contribution in [3.05, 3.63) is 0 Å². The first-order chi connectivity index (χ1) is 6.13. The van der Waals surface area contributed by atoms with Crippen molar-refractivity contribution in [1.82, 2.24) is 4.90 Å². The molecule has 3 heteroatoms. The number of nitrogens with zero attached hydrogens (tertiary/aromatic N) is 2. The predicted octanol–water partition coefficient (Wildman–Crippen LogP) is 0.815. The van der Waals surface area contributed by atoms with Gasteiger partial charge in [-0.05, 0) is 32.7 Å². The summed E-state index contributed by atoms with van der Waals surface area (Å²) in [7, 11) is 0. The second-order valence-corrected chi connectivity index (χ2v) is 4.20. The first kappa shape index (κ1) is 10.5. The summed E-state index contributed by atoms with van der Waals surface area (Å²) < 4.78 is 0. The minimum absolute atomic E-state index is 0.145. The fourth-order valence-electron chi connectivity index (χ4n) is 1.89. The summed E-state index contributed by atoms with van der Waals surface area (Å²) in [5.74, 6) is 0.776. The molecule has 1 saturated heterocycles. The van der Waals surface area contributed by atoms with E-state index in [1.54, 1.807) is 0 Å². The fourth-order valence-corrected chi connectivity index (χ4v) is 1.89. The smallest absolute Gasteiger partial charge is 0.0666 e. The van der Waals surface area contributed by atoms with Crippen LogP contribution in [-0.4, -0.2) is 30.6 Å². The van der Waals surface area contributed by atoms with Crippen LogP contribution in [0.4, 0.5) is 0 Å². The molecule has 3 atom stereocenters. The summed E-state index contributed by atoms with van der Waals surface area (Å²) in [5, 5.41) is 8.67. The van der Waals surface area contributed by atoms with E-state index < -0.39 is 0 Å². The monoisotopic (exact) mass is 181 g/mol. The number of nitriles is 1. The van der Waals surface area contributed by atoms with E-state index >= 15 is 0 Å². The van der Waals surface area contributed by atoms with Crippen LogP contribution in [0.3, 0.4) is 0 Å². The van der Waals surface area contributed by atoms with Gasteiger partial charge in [0.25, 0.3) is 0 Å². The molecule has 0 bridgehead atoms. The van der Waals surface area contributed by atoms with Gasteiger partial charge in [-0.3, -0.25) is 0 Å². The quantitative estimate of drug-likeness (QED) is 0.701. The molecular formula is C10H19N3. The molecule has 1 aliphatic heterocycles. The van der Waals surface area contributed by atoms with Gasteiger partial charge in [0.1, 0.15) is 0 Å². The predicted molar refractivity (Wildman–Crippen MR) is 53.0 cm³/mol. The van der Waals surface area contributed by atoms with E-state index in [-0.39, 0.29) is 5.92 Å². The molecule has 0 aromatic rings. The van der Waals surface area contributed by atoms with Crippen LogP contribution in [0.25, 0.3) is 0 Å². The van der Waals surface area contributed by atoms with Crippen LogP contribution in [0.5, 0.6) is 0 Å². The van der Waals surface area contributed by atoms with Gasteiger partial charge in [-0.1, -0.05) is 0 Å². The van der Waals surface area contributed by atoms with Crippen molar-refractivity contribution < 1.29 is 0 Å². The maximum atomic E-state index is 8.67. The molecule has 2 N–H and O–H groups in total. The van der Waals surface area contributed by atoms with Crippen LogP contribution in [0.2, 0.25) is 0 Å². The normalized spacial score (nSPS) is 28.3. The third kappa shape index (κ3) is 2.98. The zero-order chi connectivity index (χ0) is 9.84. The molecule has 1 heterocycles. The second-order valence-electron chi connectivity index (χ2n) is 4.20. The average Bonchev–Trinajstić information content (AvgIpc) is 2.52. The van der Waals surface area contributed by atoms with E-state index in [4.69, 9.17) is 11.0 Å². The fraction of sp³-hybridized carbons (Fsp3) is 0.900. The van der Waals surface area contributed by atoms with E-state index in [0.29, 0.717) is 12.0 Å². The van der Waals surface area contributed by atoms with Crippen LogP contribution in [-0.2, 0) is 0 Å². The van der Waals surface area contributed by atoms with Gasteiger partial charge < -0.3 is 10.6 Å². The summed E-state index contributed by atoms with van der Waals surface area (Å²) in [5.41, 5.74) is 5.83. The number of likely N-dealkylation sites (tertiary alicyclic amines) is 1. The van der Waals surface area contributed by atoms with Crippen molar-refractivity contribution in [3.63, 3.8) is 0 Å². The lowest BCUT2D eigenvalue weighted by Crippen LogP contribution is -2.31. The Hall–Kier alpha value is -0.590. The molecule has 74 valence electrons. The second kappa shape index (κ2) is 4.59. The molecule has 0 aromatic heterocycles. The maximum Gasteiger partial charge on any atom is 0.0666 e. The molecule has 0 aromatic carbocycles. The number of nitrogens with two attached hydrogens (primary N) is 1. The highest BCUT2D eigenvalue weighted by molar-refractivity contribution is 4.86. The maximum absolute atomic E-state index is 8.67. The van der Waals surface area contributed by atoms with Gasteiger partial charge in [-0.25, -0.2) is 0 Å². The summed E-state index contributed by atoms with van der Waals surface area (Å²) in [6.45, 7) is 7.13. The lowest BCUT2D eigenvalue weighted by Gasteiger charge is -2.18. The molecule has 1 rings (SSSR count). The average molecular weight is 181 g/mol. The van der Waals surface area contributed by atoms with Gasteiger partial charge in [-0.2, -0.15) is 5.26 Å². The Kier molecular flexibility index (Phi) is 3.71. The summed E-state index contributed by atoms with van der Waals surface area (Å²) in [6, 6.07) is 2.56. The van der Waals surface area contributed by atoms with E-state index in [2.05, 4.69) is 17.9 Å². The van der Waals surface area contributed by atoms with E-state index in [0.717, 1.165) is 19.6 Å². The Morgan fingerprint density at radius 3 is 2.77 bits per heavy atom. The standard InChI is InChI=1S/C10H19N3/c1-8(5-11)6-13-4-3-10(7-13)9(2)12/h8-10H,3-4,6-7,12H2,1-2H3. The molecule has 1 fully saturated rings. The number of hydrogen-bond donors (Lipinski definition) is 1. The van der Waals surface area contributed by atoms with Gasteiger partial charge >= 0.3 is 0 Å². The van der Waals surface area contributed by atoms with Crippen molar-refractivity contribution in [3.8, 4) is 6.07 Å². The topological polar surface area (TPSA) is 53.0 Å². The Balaban J connectivity index is 2.30. The van der Waals surface area contributed by atoms with E-state index in [1.807, 2.05) is 6.92 Å². The third-order valence-corrected chi connectivity index (χ3v) is 2.80. The SMILES string of the molecule is CC(C#N)CN1CCC(C(C)N)C1. The molecular weight excluding hydrogens is 162 g/mol. The van der Waals surface area contributed by atoms with E-state index in [9.17, 15) is 0 Å². The van der Waals surface area contributed by atoms with Crippen molar-refractivity contribution in [2.45, 2.75) is 26.3 Å². The van der Waals surface area contributed by atoms with Gasteiger partial charge in [-0.15, -0.1) is 0 Å². The van der Waals surface area contributed by atoms with Crippen LogP contribution in [0.1, 0.15) is 20.3 Å². The van der Waals surface area contributed by atoms with Crippen LogP contribution >= 0.6 is 0 Å². The molecule has 0 aliphatic carbocycles. The Morgan fingerprint density at radius 1 is 1.62 bits per heavy atom. The summed E-state index contributed by atoms with van der Waals surface area (Å²) in [6.07, 6.45) is 1.19. The summed E-state index contributed by atoms with van der Waals surface area (Å²) >= 11 is 0. The Bertz CT molecular complexity index is 195. The number of hydrogen-bond acceptors (Lipinski definition) is 3. The lowest BCUT2D eigenvalue weighted by atomic mass is 10.0. The molecule has 13 heavy (non-hydrogen) atoms. The Labute approximate surface area is 80.5 Å². The summed E-state index contributed by atoms with van der Waals surface area (Å²) in [4.78, 5) is 2.35. The molecule has 0 spiro atoms. The minimum Gasteiger partial charge on any atom is -0.328 e. The van der Waals surface area contributed by atoms with Crippen molar-refractivity contribution in [2.24, 2.45) is 17.6 Å².